The summed E-state index contributed by atoms with van der Waals surface area (Å²) in [5, 5.41) is 5.74. The minimum absolute atomic E-state index is 0.0659. The number of unbranched alkanes of at least 4 members (excludes halogenated alkanes) is 1. The fourth-order valence-electron chi connectivity index (χ4n) is 3.15. The first-order valence-corrected chi connectivity index (χ1v) is 10.2. The number of ether oxygens (including phenoxy) is 2. The molecular formula is C23H28N2O4. The molecule has 1 saturated heterocycles. The zero-order valence-electron chi connectivity index (χ0n) is 16.8. The van der Waals surface area contributed by atoms with Crippen molar-refractivity contribution in [1.29, 1.82) is 0 Å². The third-order valence-corrected chi connectivity index (χ3v) is 4.80. The number of carbonyl (C=O) groups is 2. The lowest BCUT2D eigenvalue weighted by molar-refractivity contribution is 0.0858. The number of hydrogen-bond acceptors (Lipinski definition) is 4. The van der Waals surface area contributed by atoms with Crippen molar-refractivity contribution in [1.82, 2.24) is 5.32 Å². The summed E-state index contributed by atoms with van der Waals surface area (Å²) < 4.78 is 11.2. The SMILES string of the molecule is CCCCOc1cccc(C(=O)Nc2ccccc2C(=O)NC[C@@H]2CCCO2)c1. The van der Waals surface area contributed by atoms with Gasteiger partial charge in [-0.3, -0.25) is 9.59 Å². The molecule has 3 rings (SSSR count). The van der Waals surface area contributed by atoms with Crippen LogP contribution in [0.15, 0.2) is 48.5 Å². The highest BCUT2D eigenvalue weighted by Crippen LogP contribution is 2.19. The van der Waals surface area contributed by atoms with Crippen molar-refractivity contribution in [2.24, 2.45) is 0 Å². The molecule has 0 spiro atoms. The highest BCUT2D eigenvalue weighted by atomic mass is 16.5. The Morgan fingerprint density at radius 1 is 1.14 bits per heavy atom. The molecule has 2 aromatic carbocycles. The first-order chi connectivity index (χ1) is 14.2. The van der Waals surface area contributed by atoms with Gasteiger partial charge in [0.05, 0.1) is 24.0 Å². The number of rotatable bonds is 9. The maximum absolute atomic E-state index is 12.7. The Balaban J connectivity index is 1.64. The zero-order chi connectivity index (χ0) is 20.5. The molecule has 1 heterocycles. The van der Waals surface area contributed by atoms with Gasteiger partial charge >= 0.3 is 0 Å². The third-order valence-electron chi connectivity index (χ3n) is 4.80. The van der Waals surface area contributed by atoms with Crippen LogP contribution in [0.2, 0.25) is 0 Å². The van der Waals surface area contributed by atoms with E-state index in [1.54, 1.807) is 42.5 Å². The molecule has 29 heavy (non-hydrogen) atoms. The van der Waals surface area contributed by atoms with E-state index in [-0.39, 0.29) is 17.9 Å². The summed E-state index contributed by atoms with van der Waals surface area (Å²) in [7, 11) is 0. The Hall–Kier alpha value is -2.86. The van der Waals surface area contributed by atoms with Crippen molar-refractivity contribution < 1.29 is 19.1 Å². The molecular weight excluding hydrogens is 368 g/mol. The van der Waals surface area contributed by atoms with Crippen LogP contribution in [0.5, 0.6) is 5.75 Å². The molecule has 154 valence electrons. The van der Waals surface area contributed by atoms with Crippen LogP contribution in [-0.4, -0.2) is 37.7 Å². The van der Waals surface area contributed by atoms with Crippen LogP contribution in [0, 0.1) is 0 Å². The fraction of sp³-hybridized carbons (Fsp3) is 0.391. The van der Waals surface area contributed by atoms with Gasteiger partial charge in [0.25, 0.3) is 11.8 Å². The van der Waals surface area contributed by atoms with Crippen LogP contribution in [-0.2, 0) is 4.74 Å². The predicted molar refractivity (Wildman–Crippen MR) is 113 cm³/mol. The van der Waals surface area contributed by atoms with Gasteiger partial charge in [0.15, 0.2) is 0 Å². The minimum Gasteiger partial charge on any atom is -0.494 e. The molecule has 0 bridgehead atoms. The lowest BCUT2D eigenvalue weighted by Crippen LogP contribution is -2.32. The molecule has 0 aliphatic carbocycles. The molecule has 2 N–H and O–H groups in total. The molecule has 1 aliphatic rings. The van der Waals surface area contributed by atoms with Crippen molar-refractivity contribution in [3.05, 3.63) is 59.7 Å². The van der Waals surface area contributed by atoms with Gasteiger partial charge in [-0.1, -0.05) is 31.5 Å². The zero-order valence-corrected chi connectivity index (χ0v) is 16.8. The summed E-state index contributed by atoms with van der Waals surface area (Å²) in [5.41, 5.74) is 1.38. The summed E-state index contributed by atoms with van der Waals surface area (Å²) in [4.78, 5) is 25.3. The molecule has 1 fully saturated rings. The van der Waals surface area contributed by atoms with E-state index in [1.807, 2.05) is 6.07 Å². The van der Waals surface area contributed by atoms with Crippen molar-refractivity contribution >= 4 is 17.5 Å². The largest absolute Gasteiger partial charge is 0.494 e. The van der Waals surface area contributed by atoms with E-state index >= 15 is 0 Å². The quantitative estimate of drug-likeness (QED) is 0.628. The van der Waals surface area contributed by atoms with E-state index in [2.05, 4.69) is 17.6 Å². The molecule has 0 aromatic heterocycles. The van der Waals surface area contributed by atoms with Crippen LogP contribution in [0.3, 0.4) is 0 Å². The number of amides is 2. The third kappa shape index (κ3) is 6.06. The van der Waals surface area contributed by atoms with Gasteiger partial charge < -0.3 is 20.1 Å². The Bertz CT molecular complexity index is 831. The van der Waals surface area contributed by atoms with E-state index in [1.165, 1.54) is 0 Å². The maximum atomic E-state index is 12.7. The Morgan fingerprint density at radius 2 is 2.00 bits per heavy atom. The monoisotopic (exact) mass is 396 g/mol. The number of nitrogens with one attached hydrogen (secondary N) is 2. The van der Waals surface area contributed by atoms with Crippen LogP contribution < -0.4 is 15.4 Å². The van der Waals surface area contributed by atoms with E-state index in [0.29, 0.717) is 35.7 Å². The molecule has 6 nitrogen and oxygen atoms in total. The second-order valence-corrected chi connectivity index (χ2v) is 7.07. The van der Waals surface area contributed by atoms with Gasteiger partial charge in [-0.2, -0.15) is 0 Å². The molecule has 2 aromatic rings. The van der Waals surface area contributed by atoms with Crippen molar-refractivity contribution in [2.75, 3.05) is 25.1 Å². The van der Waals surface area contributed by atoms with E-state index in [0.717, 1.165) is 32.3 Å². The van der Waals surface area contributed by atoms with Crippen molar-refractivity contribution in [3.8, 4) is 5.75 Å². The molecule has 1 atom stereocenters. The fourth-order valence-corrected chi connectivity index (χ4v) is 3.15. The Labute approximate surface area is 171 Å². The van der Waals surface area contributed by atoms with Gasteiger partial charge in [-0.05, 0) is 49.6 Å². The van der Waals surface area contributed by atoms with Crippen LogP contribution in [0.1, 0.15) is 53.3 Å². The average molecular weight is 396 g/mol. The number of anilines is 1. The smallest absolute Gasteiger partial charge is 0.255 e. The topological polar surface area (TPSA) is 76.7 Å². The summed E-state index contributed by atoms with van der Waals surface area (Å²) >= 11 is 0. The predicted octanol–water partition coefficient (Wildman–Crippen LogP) is 4.03. The molecule has 0 saturated carbocycles. The summed E-state index contributed by atoms with van der Waals surface area (Å²) in [5.74, 6) is 0.145. The average Bonchev–Trinajstić information content (AvgIpc) is 3.26. The molecule has 2 amide bonds. The van der Waals surface area contributed by atoms with Crippen molar-refractivity contribution in [3.63, 3.8) is 0 Å². The van der Waals surface area contributed by atoms with Gasteiger partial charge in [-0.25, -0.2) is 0 Å². The van der Waals surface area contributed by atoms with Gasteiger partial charge in [0, 0.05) is 18.7 Å². The lowest BCUT2D eigenvalue weighted by Gasteiger charge is -2.14. The van der Waals surface area contributed by atoms with Gasteiger partial charge in [0.1, 0.15) is 5.75 Å². The van der Waals surface area contributed by atoms with Crippen molar-refractivity contribution in [2.45, 2.75) is 38.7 Å². The van der Waals surface area contributed by atoms with E-state index in [4.69, 9.17) is 9.47 Å². The van der Waals surface area contributed by atoms with Crippen LogP contribution in [0.25, 0.3) is 0 Å². The highest BCUT2D eigenvalue weighted by molar-refractivity contribution is 6.09. The number of benzene rings is 2. The molecule has 0 unspecified atom stereocenters. The molecule has 6 heteroatoms. The Kier molecular flexibility index (Phi) is 7.64. The summed E-state index contributed by atoms with van der Waals surface area (Å²) in [6.45, 7) is 3.93. The minimum atomic E-state index is -0.287. The second-order valence-electron chi connectivity index (χ2n) is 7.07. The van der Waals surface area contributed by atoms with Gasteiger partial charge in [-0.15, -0.1) is 0 Å². The molecule has 1 aliphatic heterocycles. The summed E-state index contributed by atoms with van der Waals surface area (Å²) in [6.07, 6.45) is 4.05. The normalized spacial score (nSPS) is 15.7. The number of para-hydroxylation sites is 1. The van der Waals surface area contributed by atoms with Crippen LogP contribution in [0.4, 0.5) is 5.69 Å². The standard InChI is InChI=1S/C23H28N2O4/c1-2-3-13-28-18-9-6-8-17(15-18)22(26)25-21-12-5-4-11-20(21)23(27)24-16-19-10-7-14-29-19/h4-6,8-9,11-12,15,19H,2-3,7,10,13-14,16H2,1H3,(H,24,27)(H,25,26)/t19-/m0/s1. The first-order valence-electron chi connectivity index (χ1n) is 10.2. The van der Waals surface area contributed by atoms with E-state index in [9.17, 15) is 9.59 Å². The van der Waals surface area contributed by atoms with Gasteiger partial charge in [0.2, 0.25) is 0 Å². The number of carbonyl (C=O) groups excluding carboxylic acids is 2. The first kappa shape index (κ1) is 20.9. The lowest BCUT2D eigenvalue weighted by atomic mass is 10.1. The van der Waals surface area contributed by atoms with E-state index < -0.39 is 0 Å². The summed E-state index contributed by atoms with van der Waals surface area (Å²) in [6, 6.07) is 14.0. The maximum Gasteiger partial charge on any atom is 0.255 e. The van der Waals surface area contributed by atoms with Crippen LogP contribution >= 0.6 is 0 Å². The number of hydrogen-bond donors (Lipinski definition) is 2. The second kappa shape index (κ2) is 10.6. The Morgan fingerprint density at radius 3 is 2.79 bits per heavy atom. The highest BCUT2D eigenvalue weighted by Gasteiger charge is 2.18. The molecule has 0 radical (unpaired) electrons.